The van der Waals surface area contributed by atoms with Gasteiger partial charge in [-0.3, -0.25) is 14.8 Å². The van der Waals surface area contributed by atoms with Crippen LogP contribution in [0.5, 0.6) is 5.75 Å². The van der Waals surface area contributed by atoms with E-state index in [0.29, 0.717) is 12.2 Å². The Balaban J connectivity index is 1.58. The van der Waals surface area contributed by atoms with Gasteiger partial charge >= 0.3 is 0 Å². The highest BCUT2D eigenvalue weighted by Gasteiger charge is 2.26. The molecule has 4 rings (SSSR count). The van der Waals surface area contributed by atoms with Crippen molar-refractivity contribution >= 4 is 22.5 Å². The molecule has 0 saturated carbocycles. The maximum absolute atomic E-state index is 12.5. The third kappa shape index (κ3) is 4.82. The monoisotopic (exact) mass is 457 g/mol. The Hall–Kier alpha value is -4.04. The van der Waals surface area contributed by atoms with Crippen molar-refractivity contribution in [2.75, 3.05) is 19.4 Å². The Morgan fingerprint density at radius 3 is 2.74 bits per heavy atom. The molecule has 1 amide bonds. The SMILES string of the molecule is COC(C)(CNC(=O)c1ccccc1O)Cc1cc2cc(-c3cnccc3C)nc(N)c2cn1. The number of anilines is 1. The second-order valence-corrected chi connectivity index (χ2v) is 8.51. The molecule has 0 spiro atoms. The lowest BCUT2D eigenvalue weighted by atomic mass is 9.97. The first-order chi connectivity index (χ1) is 16.3. The number of carbonyl (C=O) groups excluding carboxylic acids is 1. The van der Waals surface area contributed by atoms with Crippen LogP contribution in [-0.2, 0) is 11.2 Å². The second kappa shape index (κ2) is 9.44. The zero-order valence-corrected chi connectivity index (χ0v) is 19.4. The number of aryl methyl sites for hydroxylation is 1. The predicted molar refractivity (Wildman–Crippen MR) is 131 cm³/mol. The fourth-order valence-corrected chi connectivity index (χ4v) is 3.80. The molecule has 0 saturated heterocycles. The van der Waals surface area contributed by atoms with Crippen LogP contribution in [0.15, 0.2) is 61.1 Å². The fourth-order valence-electron chi connectivity index (χ4n) is 3.80. The molecule has 3 aromatic heterocycles. The highest BCUT2D eigenvalue weighted by atomic mass is 16.5. The minimum absolute atomic E-state index is 0.0684. The van der Waals surface area contributed by atoms with Crippen LogP contribution in [0, 0.1) is 6.92 Å². The maximum Gasteiger partial charge on any atom is 0.255 e. The molecule has 1 unspecified atom stereocenters. The molecule has 0 fully saturated rings. The molecule has 0 aliphatic carbocycles. The zero-order chi connectivity index (χ0) is 24.3. The first-order valence-corrected chi connectivity index (χ1v) is 10.9. The summed E-state index contributed by atoms with van der Waals surface area (Å²) < 4.78 is 5.74. The van der Waals surface area contributed by atoms with Crippen LogP contribution in [0.4, 0.5) is 5.82 Å². The van der Waals surface area contributed by atoms with Gasteiger partial charge in [0.25, 0.3) is 5.91 Å². The summed E-state index contributed by atoms with van der Waals surface area (Å²) in [5, 5.41) is 14.4. The van der Waals surface area contributed by atoms with Gasteiger partial charge in [0.15, 0.2) is 0 Å². The number of carbonyl (C=O) groups is 1. The summed E-state index contributed by atoms with van der Waals surface area (Å²) >= 11 is 0. The standard InChI is InChI=1S/C26H27N5O3/c1-16-8-9-28-13-20(16)22-11-17-10-18(29-14-21(17)24(27)31-22)12-26(2,34-3)15-30-25(33)19-6-4-5-7-23(19)32/h4-11,13-14,32H,12,15H2,1-3H3,(H2,27,31)(H,30,33). The van der Waals surface area contributed by atoms with Crippen molar-refractivity contribution in [1.82, 2.24) is 20.3 Å². The number of phenols is 1. The highest BCUT2D eigenvalue weighted by molar-refractivity contribution is 5.96. The molecule has 0 aliphatic rings. The van der Waals surface area contributed by atoms with Crippen LogP contribution in [0.25, 0.3) is 22.0 Å². The number of hydrogen-bond donors (Lipinski definition) is 3. The maximum atomic E-state index is 12.5. The number of phenolic OH excluding ortho intramolecular Hbond substituents is 1. The quantitative estimate of drug-likeness (QED) is 0.387. The molecule has 8 nitrogen and oxygen atoms in total. The average molecular weight is 458 g/mol. The van der Waals surface area contributed by atoms with Gasteiger partial charge in [0, 0.05) is 55.3 Å². The fraction of sp³-hybridized carbons (Fsp3) is 0.231. The topological polar surface area (TPSA) is 123 Å². The number of amides is 1. The van der Waals surface area contributed by atoms with E-state index < -0.39 is 5.60 Å². The van der Waals surface area contributed by atoms with Gasteiger partial charge in [0.1, 0.15) is 11.6 Å². The van der Waals surface area contributed by atoms with Crippen molar-refractivity contribution in [3.8, 4) is 17.0 Å². The zero-order valence-electron chi connectivity index (χ0n) is 19.4. The molecule has 0 radical (unpaired) electrons. The van der Waals surface area contributed by atoms with E-state index in [1.165, 1.54) is 6.07 Å². The molecule has 1 aromatic carbocycles. The van der Waals surface area contributed by atoms with Gasteiger partial charge < -0.3 is 20.9 Å². The number of pyridine rings is 3. The lowest BCUT2D eigenvalue weighted by Gasteiger charge is -2.28. The number of nitrogens with one attached hydrogen (secondary N) is 1. The Bertz CT molecular complexity index is 1360. The summed E-state index contributed by atoms with van der Waals surface area (Å²) in [6.45, 7) is 4.13. The van der Waals surface area contributed by atoms with Crippen molar-refractivity contribution in [3.05, 3.63) is 77.9 Å². The minimum atomic E-state index is -0.720. The molecule has 1 atom stereocenters. The first kappa shape index (κ1) is 23.1. The van der Waals surface area contributed by atoms with Gasteiger partial charge in [0.2, 0.25) is 0 Å². The number of rotatable bonds is 7. The summed E-state index contributed by atoms with van der Waals surface area (Å²) in [6.07, 6.45) is 5.68. The van der Waals surface area contributed by atoms with E-state index in [4.69, 9.17) is 10.5 Å². The number of aromatic hydroxyl groups is 1. The molecule has 174 valence electrons. The van der Waals surface area contributed by atoms with Crippen LogP contribution in [0.2, 0.25) is 0 Å². The van der Waals surface area contributed by atoms with Crippen molar-refractivity contribution in [1.29, 1.82) is 0 Å². The Kier molecular flexibility index (Phi) is 6.43. The van der Waals surface area contributed by atoms with Crippen molar-refractivity contribution in [2.45, 2.75) is 25.9 Å². The van der Waals surface area contributed by atoms with E-state index in [1.54, 1.807) is 43.9 Å². The van der Waals surface area contributed by atoms with Gasteiger partial charge in [-0.1, -0.05) is 12.1 Å². The number of para-hydroxylation sites is 1. The summed E-state index contributed by atoms with van der Waals surface area (Å²) in [7, 11) is 1.60. The third-order valence-corrected chi connectivity index (χ3v) is 5.94. The molecule has 34 heavy (non-hydrogen) atoms. The molecule has 3 heterocycles. The highest BCUT2D eigenvalue weighted by Crippen LogP contribution is 2.28. The number of nitrogen functional groups attached to an aromatic ring is 1. The largest absolute Gasteiger partial charge is 0.507 e. The van der Waals surface area contributed by atoms with E-state index in [2.05, 4.69) is 20.3 Å². The normalized spacial score (nSPS) is 12.9. The number of hydrogen-bond acceptors (Lipinski definition) is 7. The van der Waals surface area contributed by atoms with Crippen molar-refractivity contribution in [2.24, 2.45) is 0 Å². The number of methoxy groups -OCH3 is 1. The lowest BCUT2D eigenvalue weighted by Crippen LogP contribution is -2.44. The van der Waals surface area contributed by atoms with Crippen LogP contribution >= 0.6 is 0 Å². The number of fused-ring (bicyclic) bond motifs is 1. The average Bonchev–Trinajstić information content (AvgIpc) is 2.83. The predicted octanol–water partition coefficient (Wildman–Crippen LogP) is 3.67. The number of nitrogens with zero attached hydrogens (tertiary/aromatic N) is 3. The van der Waals surface area contributed by atoms with Crippen molar-refractivity contribution < 1.29 is 14.6 Å². The summed E-state index contributed by atoms with van der Waals surface area (Å²) in [4.78, 5) is 25.8. The molecule has 0 aliphatic heterocycles. The number of aromatic nitrogens is 3. The van der Waals surface area contributed by atoms with Crippen LogP contribution < -0.4 is 11.1 Å². The molecule has 8 heteroatoms. The molecular weight excluding hydrogens is 430 g/mol. The second-order valence-electron chi connectivity index (χ2n) is 8.51. The van der Waals surface area contributed by atoms with E-state index in [0.717, 1.165) is 33.3 Å². The van der Waals surface area contributed by atoms with E-state index in [-0.39, 0.29) is 23.8 Å². The lowest BCUT2D eigenvalue weighted by molar-refractivity contribution is 0.00670. The van der Waals surface area contributed by atoms with Gasteiger partial charge in [0.05, 0.1) is 16.9 Å². The minimum Gasteiger partial charge on any atom is -0.507 e. The number of ether oxygens (including phenoxy) is 1. The third-order valence-electron chi connectivity index (χ3n) is 5.94. The first-order valence-electron chi connectivity index (χ1n) is 10.9. The van der Waals surface area contributed by atoms with Gasteiger partial charge in [-0.15, -0.1) is 0 Å². The molecule has 0 bridgehead atoms. The van der Waals surface area contributed by atoms with Gasteiger partial charge in [-0.25, -0.2) is 4.98 Å². The van der Waals surface area contributed by atoms with Crippen LogP contribution in [-0.4, -0.2) is 45.2 Å². The van der Waals surface area contributed by atoms with Gasteiger partial charge in [-0.05, 0) is 55.1 Å². The van der Waals surface area contributed by atoms with Crippen LogP contribution in [0.1, 0.15) is 28.5 Å². The molecular formula is C26H27N5O3. The van der Waals surface area contributed by atoms with Gasteiger partial charge in [-0.2, -0.15) is 0 Å². The molecule has 4 N–H and O–H groups in total. The van der Waals surface area contributed by atoms with Crippen molar-refractivity contribution in [3.63, 3.8) is 0 Å². The number of nitrogens with two attached hydrogens (primary N) is 1. The van der Waals surface area contributed by atoms with Crippen LogP contribution in [0.3, 0.4) is 0 Å². The Morgan fingerprint density at radius 1 is 1.21 bits per heavy atom. The smallest absolute Gasteiger partial charge is 0.255 e. The van der Waals surface area contributed by atoms with E-state index in [1.807, 2.05) is 32.0 Å². The summed E-state index contributed by atoms with van der Waals surface area (Å²) in [5.74, 6) is -0.0383. The molecule has 4 aromatic rings. The Morgan fingerprint density at radius 2 is 2.00 bits per heavy atom. The Labute approximate surface area is 197 Å². The van der Waals surface area contributed by atoms with E-state index >= 15 is 0 Å². The summed E-state index contributed by atoms with van der Waals surface area (Å²) in [5.41, 5.74) is 9.24. The van der Waals surface area contributed by atoms with E-state index in [9.17, 15) is 9.90 Å². The summed E-state index contributed by atoms with van der Waals surface area (Å²) in [6, 6.07) is 12.3. The number of benzene rings is 1.